The number of furan rings is 1. The number of para-hydroxylation sites is 1. The SMILES string of the molecule is Fc1ccc(N2CCCN(c3ncnc4c3oc3ccccc34)CC2)cc1. The molecule has 0 spiro atoms. The van der Waals surface area contributed by atoms with E-state index in [2.05, 4.69) is 19.8 Å². The lowest BCUT2D eigenvalue weighted by Crippen LogP contribution is -2.31. The fourth-order valence-corrected chi connectivity index (χ4v) is 3.78. The van der Waals surface area contributed by atoms with Crippen molar-refractivity contribution in [1.29, 1.82) is 0 Å². The minimum atomic E-state index is -0.205. The Morgan fingerprint density at radius 2 is 1.63 bits per heavy atom. The van der Waals surface area contributed by atoms with Crippen LogP contribution < -0.4 is 9.80 Å². The Balaban J connectivity index is 1.46. The molecular formula is C21H19FN4O. The van der Waals surface area contributed by atoms with E-state index in [0.717, 1.165) is 66.2 Å². The standard InChI is InChI=1S/C21H19FN4O/c22-15-6-8-16(9-7-15)25-10-3-11-26(13-12-25)21-20-19(23-14-24-21)17-4-1-2-5-18(17)27-20/h1-2,4-9,14H,3,10-13H2. The molecule has 0 radical (unpaired) electrons. The molecule has 0 saturated carbocycles. The van der Waals surface area contributed by atoms with Crippen molar-refractivity contribution in [3.8, 4) is 0 Å². The van der Waals surface area contributed by atoms with E-state index in [1.165, 1.54) is 12.1 Å². The van der Waals surface area contributed by atoms with Gasteiger partial charge >= 0.3 is 0 Å². The lowest BCUT2D eigenvalue weighted by molar-refractivity contribution is 0.627. The first kappa shape index (κ1) is 16.1. The van der Waals surface area contributed by atoms with Gasteiger partial charge in [-0.05, 0) is 42.8 Å². The number of rotatable bonds is 2. The van der Waals surface area contributed by atoms with Gasteiger partial charge in [-0.1, -0.05) is 12.1 Å². The van der Waals surface area contributed by atoms with E-state index in [9.17, 15) is 4.39 Å². The number of benzene rings is 2. The molecule has 136 valence electrons. The van der Waals surface area contributed by atoms with Gasteiger partial charge in [0, 0.05) is 37.3 Å². The summed E-state index contributed by atoms with van der Waals surface area (Å²) in [5.74, 6) is 0.639. The van der Waals surface area contributed by atoms with Crippen LogP contribution in [-0.2, 0) is 0 Å². The Bertz CT molecular complexity index is 1090. The number of anilines is 2. The summed E-state index contributed by atoms with van der Waals surface area (Å²) in [7, 11) is 0. The lowest BCUT2D eigenvalue weighted by atomic mass is 10.2. The van der Waals surface area contributed by atoms with Gasteiger partial charge < -0.3 is 14.2 Å². The van der Waals surface area contributed by atoms with E-state index >= 15 is 0 Å². The highest BCUT2D eigenvalue weighted by molar-refractivity contribution is 6.05. The predicted molar refractivity (Wildman–Crippen MR) is 105 cm³/mol. The van der Waals surface area contributed by atoms with E-state index in [-0.39, 0.29) is 5.82 Å². The van der Waals surface area contributed by atoms with Crippen LogP contribution in [-0.4, -0.2) is 36.1 Å². The van der Waals surface area contributed by atoms with Crippen LogP contribution in [0.1, 0.15) is 6.42 Å². The summed E-state index contributed by atoms with van der Waals surface area (Å²) in [6.45, 7) is 3.48. The highest BCUT2D eigenvalue weighted by atomic mass is 19.1. The molecule has 2 aromatic carbocycles. The third-order valence-electron chi connectivity index (χ3n) is 5.13. The van der Waals surface area contributed by atoms with Crippen LogP contribution in [0.25, 0.3) is 22.1 Å². The van der Waals surface area contributed by atoms with E-state index in [1.807, 2.05) is 36.4 Å². The molecule has 0 aliphatic carbocycles. The Labute approximate surface area is 156 Å². The summed E-state index contributed by atoms with van der Waals surface area (Å²) in [5.41, 5.74) is 3.48. The molecule has 1 fully saturated rings. The van der Waals surface area contributed by atoms with Crippen LogP contribution in [0.2, 0.25) is 0 Å². The molecule has 3 heterocycles. The minimum Gasteiger partial charge on any atom is -0.450 e. The largest absolute Gasteiger partial charge is 0.450 e. The van der Waals surface area contributed by atoms with Gasteiger partial charge in [0.25, 0.3) is 0 Å². The van der Waals surface area contributed by atoms with Crippen molar-refractivity contribution in [2.24, 2.45) is 0 Å². The molecule has 27 heavy (non-hydrogen) atoms. The van der Waals surface area contributed by atoms with Crippen LogP contribution in [0.5, 0.6) is 0 Å². The molecular weight excluding hydrogens is 343 g/mol. The van der Waals surface area contributed by atoms with Crippen LogP contribution in [0.3, 0.4) is 0 Å². The van der Waals surface area contributed by atoms with E-state index < -0.39 is 0 Å². The van der Waals surface area contributed by atoms with Crippen LogP contribution in [0.4, 0.5) is 15.9 Å². The maximum Gasteiger partial charge on any atom is 0.196 e. The van der Waals surface area contributed by atoms with Gasteiger partial charge in [-0.15, -0.1) is 0 Å². The Morgan fingerprint density at radius 3 is 2.52 bits per heavy atom. The fourth-order valence-electron chi connectivity index (χ4n) is 3.78. The fraction of sp³-hybridized carbons (Fsp3) is 0.238. The van der Waals surface area contributed by atoms with Gasteiger partial charge in [0.2, 0.25) is 0 Å². The molecule has 5 nitrogen and oxygen atoms in total. The first-order chi connectivity index (χ1) is 13.3. The van der Waals surface area contributed by atoms with E-state index in [4.69, 9.17) is 4.42 Å². The normalized spacial score (nSPS) is 15.4. The van der Waals surface area contributed by atoms with Crippen LogP contribution in [0.15, 0.2) is 59.3 Å². The second kappa shape index (κ2) is 6.54. The lowest BCUT2D eigenvalue weighted by Gasteiger charge is -2.24. The number of fused-ring (bicyclic) bond motifs is 3. The van der Waals surface area contributed by atoms with Gasteiger partial charge in [-0.3, -0.25) is 0 Å². The maximum atomic E-state index is 13.2. The molecule has 0 unspecified atom stereocenters. The van der Waals surface area contributed by atoms with Crippen molar-refractivity contribution in [2.45, 2.75) is 6.42 Å². The topological polar surface area (TPSA) is 45.4 Å². The second-order valence-corrected chi connectivity index (χ2v) is 6.78. The van der Waals surface area contributed by atoms with Crippen molar-refractivity contribution in [3.63, 3.8) is 0 Å². The van der Waals surface area contributed by atoms with Crippen molar-refractivity contribution < 1.29 is 8.81 Å². The molecule has 1 saturated heterocycles. The van der Waals surface area contributed by atoms with Crippen molar-refractivity contribution >= 4 is 33.6 Å². The van der Waals surface area contributed by atoms with Crippen molar-refractivity contribution in [1.82, 2.24) is 9.97 Å². The molecule has 1 aliphatic rings. The number of hydrogen-bond donors (Lipinski definition) is 0. The number of aromatic nitrogens is 2. The van der Waals surface area contributed by atoms with Gasteiger partial charge in [-0.25, -0.2) is 14.4 Å². The second-order valence-electron chi connectivity index (χ2n) is 6.78. The number of nitrogens with zero attached hydrogens (tertiary/aromatic N) is 4. The first-order valence-corrected chi connectivity index (χ1v) is 9.17. The van der Waals surface area contributed by atoms with Gasteiger partial charge in [0.05, 0.1) is 0 Å². The molecule has 2 aromatic heterocycles. The zero-order valence-corrected chi connectivity index (χ0v) is 14.8. The maximum absolute atomic E-state index is 13.2. The zero-order chi connectivity index (χ0) is 18.2. The summed E-state index contributed by atoms with van der Waals surface area (Å²) >= 11 is 0. The first-order valence-electron chi connectivity index (χ1n) is 9.17. The summed E-state index contributed by atoms with van der Waals surface area (Å²) in [6.07, 6.45) is 2.60. The predicted octanol–water partition coefficient (Wildman–Crippen LogP) is 4.23. The molecule has 4 aromatic rings. The summed E-state index contributed by atoms with van der Waals surface area (Å²) in [4.78, 5) is 13.5. The summed E-state index contributed by atoms with van der Waals surface area (Å²) < 4.78 is 19.3. The molecule has 5 rings (SSSR count). The summed E-state index contributed by atoms with van der Waals surface area (Å²) in [5, 5.41) is 1.01. The Morgan fingerprint density at radius 1 is 0.852 bits per heavy atom. The average Bonchev–Trinajstić information content (AvgIpc) is 2.91. The molecule has 0 N–H and O–H groups in total. The van der Waals surface area contributed by atoms with E-state index in [1.54, 1.807) is 6.33 Å². The smallest absolute Gasteiger partial charge is 0.196 e. The number of hydrogen-bond acceptors (Lipinski definition) is 5. The third-order valence-corrected chi connectivity index (χ3v) is 5.13. The minimum absolute atomic E-state index is 0.205. The Hall–Kier alpha value is -3.15. The molecule has 0 atom stereocenters. The van der Waals surface area contributed by atoms with Gasteiger partial charge in [0.15, 0.2) is 11.4 Å². The summed E-state index contributed by atoms with van der Waals surface area (Å²) in [6, 6.07) is 14.6. The molecule has 0 amide bonds. The third kappa shape index (κ3) is 2.87. The average molecular weight is 362 g/mol. The number of halogens is 1. The molecule has 0 bridgehead atoms. The van der Waals surface area contributed by atoms with E-state index in [0.29, 0.717) is 0 Å². The monoisotopic (exact) mass is 362 g/mol. The molecule has 1 aliphatic heterocycles. The zero-order valence-electron chi connectivity index (χ0n) is 14.8. The van der Waals surface area contributed by atoms with Crippen molar-refractivity contribution in [3.05, 3.63) is 60.7 Å². The molecule has 6 heteroatoms. The van der Waals surface area contributed by atoms with Gasteiger partial charge in [-0.2, -0.15) is 0 Å². The Kier molecular flexibility index (Phi) is 3.89. The van der Waals surface area contributed by atoms with Crippen molar-refractivity contribution in [2.75, 3.05) is 36.0 Å². The van der Waals surface area contributed by atoms with Gasteiger partial charge in [0.1, 0.15) is 23.2 Å². The quantitative estimate of drug-likeness (QED) is 0.534. The van der Waals surface area contributed by atoms with Crippen LogP contribution in [0, 0.1) is 5.82 Å². The highest BCUT2D eigenvalue weighted by Crippen LogP contribution is 2.32. The van der Waals surface area contributed by atoms with Crippen LogP contribution >= 0.6 is 0 Å². The highest BCUT2D eigenvalue weighted by Gasteiger charge is 2.21.